The van der Waals surface area contributed by atoms with E-state index in [1.807, 2.05) is 19.2 Å². The Labute approximate surface area is 101 Å². The van der Waals surface area contributed by atoms with Crippen LogP contribution in [0.15, 0.2) is 24.3 Å². The highest BCUT2D eigenvalue weighted by atomic mass is 16.6. The number of benzene rings is 1. The Morgan fingerprint density at radius 3 is 2.94 bits per heavy atom. The van der Waals surface area contributed by atoms with Crippen molar-refractivity contribution in [3.8, 4) is 0 Å². The lowest BCUT2D eigenvalue weighted by Gasteiger charge is -2.15. The first-order valence-electron chi connectivity index (χ1n) is 5.82. The number of hydrogen-bond acceptors (Lipinski definition) is 4. The molecule has 0 radical (unpaired) electrons. The minimum absolute atomic E-state index is 0.223. The zero-order chi connectivity index (χ0) is 12.3. The summed E-state index contributed by atoms with van der Waals surface area (Å²) in [6.45, 7) is 2.62. The van der Waals surface area contributed by atoms with Crippen molar-refractivity contribution in [1.29, 1.82) is 0 Å². The molecule has 1 N–H and O–H groups in total. The van der Waals surface area contributed by atoms with E-state index in [2.05, 4.69) is 10.2 Å². The summed E-state index contributed by atoms with van der Waals surface area (Å²) < 4.78 is 0. The van der Waals surface area contributed by atoms with Gasteiger partial charge in [0, 0.05) is 37.3 Å². The molecule has 1 unspecified atom stereocenters. The zero-order valence-electron chi connectivity index (χ0n) is 9.93. The van der Waals surface area contributed by atoms with Crippen molar-refractivity contribution in [2.45, 2.75) is 19.0 Å². The van der Waals surface area contributed by atoms with Crippen molar-refractivity contribution in [2.24, 2.45) is 0 Å². The molecule has 1 aliphatic heterocycles. The second-order valence-corrected chi connectivity index (χ2v) is 4.40. The topological polar surface area (TPSA) is 58.4 Å². The SMILES string of the molecule is CNC1CCN(Cc2ccccc2[N+](=O)[O-])C1. The average molecular weight is 235 g/mol. The van der Waals surface area contributed by atoms with E-state index in [1.54, 1.807) is 12.1 Å². The largest absolute Gasteiger partial charge is 0.316 e. The number of likely N-dealkylation sites (tertiary alicyclic amines) is 1. The van der Waals surface area contributed by atoms with Gasteiger partial charge in [0.15, 0.2) is 0 Å². The highest BCUT2D eigenvalue weighted by Crippen LogP contribution is 2.21. The van der Waals surface area contributed by atoms with Crippen LogP contribution < -0.4 is 5.32 Å². The van der Waals surface area contributed by atoms with Crippen molar-refractivity contribution >= 4 is 5.69 Å². The van der Waals surface area contributed by atoms with Gasteiger partial charge in [-0.15, -0.1) is 0 Å². The zero-order valence-corrected chi connectivity index (χ0v) is 9.93. The average Bonchev–Trinajstić information content (AvgIpc) is 2.77. The molecule has 1 aliphatic rings. The highest BCUT2D eigenvalue weighted by molar-refractivity contribution is 5.39. The normalized spacial score (nSPS) is 20.6. The number of hydrogen-bond donors (Lipinski definition) is 1. The molecule has 1 saturated heterocycles. The van der Waals surface area contributed by atoms with Crippen LogP contribution in [0.5, 0.6) is 0 Å². The van der Waals surface area contributed by atoms with Crippen molar-refractivity contribution in [1.82, 2.24) is 10.2 Å². The van der Waals surface area contributed by atoms with Gasteiger partial charge in [0.2, 0.25) is 0 Å². The molecule has 1 atom stereocenters. The molecule has 0 aromatic heterocycles. The van der Waals surface area contributed by atoms with E-state index in [1.165, 1.54) is 0 Å². The van der Waals surface area contributed by atoms with E-state index in [0.29, 0.717) is 12.6 Å². The number of nitro groups is 1. The van der Waals surface area contributed by atoms with Crippen LogP contribution in [0.4, 0.5) is 5.69 Å². The second-order valence-electron chi connectivity index (χ2n) is 4.40. The third-order valence-electron chi connectivity index (χ3n) is 3.26. The molecule has 1 fully saturated rings. The molecule has 0 aliphatic carbocycles. The lowest BCUT2D eigenvalue weighted by molar-refractivity contribution is -0.385. The van der Waals surface area contributed by atoms with Gasteiger partial charge in [-0.3, -0.25) is 15.0 Å². The summed E-state index contributed by atoms with van der Waals surface area (Å²) in [6, 6.07) is 7.49. The number of nitro benzene ring substituents is 1. The van der Waals surface area contributed by atoms with Crippen LogP contribution in [0.2, 0.25) is 0 Å². The molecule has 1 aromatic carbocycles. The van der Waals surface area contributed by atoms with Crippen LogP contribution in [0.25, 0.3) is 0 Å². The van der Waals surface area contributed by atoms with Crippen LogP contribution in [0, 0.1) is 10.1 Å². The third-order valence-corrected chi connectivity index (χ3v) is 3.26. The maximum atomic E-state index is 10.9. The summed E-state index contributed by atoms with van der Waals surface area (Å²) in [5, 5.41) is 14.1. The van der Waals surface area contributed by atoms with Gasteiger partial charge in [-0.2, -0.15) is 0 Å². The molecule has 1 aromatic rings. The van der Waals surface area contributed by atoms with Crippen molar-refractivity contribution in [3.05, 3.63) is 39.9 Å². The molecule has 92 valence electrons. The first-order chi connectivity index (χ1) is 8.20. The van der Waals surface area contributed by atoms with Gasteiger partial charge in [-0.1, -0.05) is 18.2 Å². The summed E-state index contributed by atoms with van der Waals surface area (Å²) in [6.07, 6.45) is 1.11. The van der Waals surface area contributed by atoms with Gasteiger partial charge in [-0.25, -0.2) is 0 Å². The van der Waals surface area contributed by atoms with Gasteiger partial charge in [0.1, 0.15) is 0 Å². The number of para-hydroxylation sites is 1. The van der Waals surface area contributed by atoms with Crippen LogP contribution >= 0.6 is 0 Å². The first-order valence-corrected chi connectivity index (χ1v) is 5.82. The molecular weight excluding hydrogens is 218 g/mol. The predicted octanol–water partition coefficient (Wildman–Crippen LogP) is 1.39. The summed E-state index contributed by atoms with van der Waals surface area (Å²) >= 11 is 0. The van der Waals surface area contributed by atoms with Crippen molar-refractivity contribution in [3.63, 3.8) is 0 Å². The van der Waals surface area contributed by atoms with Gasteiger partial charge < -0.3 is 5.32 Å². The van der Waals surface area contributed by atoms with Crippen LogP contribution in [-0.4, -0.2) is 36.0 Å². The standard InChI is InChI=1S/C12H17N3O2/c1-13-11-6-7-14(9-11)8-10-4-2-3-5-12(10)15(16)17/h2-5,11,13H,6-9H2,1H3. The minimum atomic E-state index is -0.305. The molecule has 5 nitrogen and oxygen atoms in total. The van der Waals surface area contributed by atoms with Gasteiger partial charge >= 0.3 is 0 Å². The summed E-state index contributed by atoms with van der Waals surface area (Å²) in [5.41, 5.74) is 1.02. The molecule has 0 spiro atoms. The molecular formula is C12H17N3O2. The minimum Gasteiger partial charge on any atom is -0.316 e. The second kappa shape index (κ2) is 5.25. The van der Waals surface area contributed by atoms with Crippen LogP contribution in [-0.2, 0) is 6.54 Å². The Hall–Kier alpha value is -1.46. The van der Waals surface area contributed by atoms with Crippen LogP contribution in [0.3, 0.4) is 0 Å². The lowest BCUT2D eigenvalue weighted by atomic mass is 10.1. The molecule has 5 heteroatoms. The van der Waals surface area contributed by atoms with E-state index in [9.17, 15) is 10.1 Å². The van der Waals surface area contributed by atoms with Crippen LogP contribution in [0.1, 0.15) is 12.0 Å². The number of likely N-dealkylation sites (N-methyl/N-ethyl adjacent to an activating group) is 1. The van der Waals surface area contributed by atoms with Gasteiger partial charge in [-0.05, 0) is 13.5 Å². The number of nitrogens with one attached hydrogen (secondary N) is 1. The van der Waals surface area contributed by atoms with Gasteiger partial charge in [0.05, 0.1) is 4.92 Å². The fraction of sp³-hybridized carbons (Fsp3) is 0.500. The van der Waals surface area contributed by atoms with E-state index >= 15 is 0 Å². The quantitative estimate of drug-likeness (QED) is 0.633. The summed E-state index contributed by atoms with van der Waals surface area (Å²) in [7, 11) is 1.96. The number of rotatable bonds is 4. The molecule has 1 heterocycles. The maximum absolute atomic E-state index is 10.9. The Morgan fingerprint density at radius 1 is 1.53 bits per heavy atom. The van der Waals surface area contributed by atoms with E-state index < -0.39 is 0 Å². The Balaban J connectivity index is 2.06. The Morgan fingerprint density at radius 2 is 2.29 bits per heavy atom. The van der Waals surface area contributed by atoms with E-state index in [-0.39, 0.29) is 10.6 Å². The van der Waals surface area contributed by atoms with Crippen molar-refractivity contribution in [2.75, 3.05) is 20.1 Å². The molecule has 0 saturated carbocycles. The predicted molar refractivity (Wildman–Crippen MR) is 65.8 cm³/mol. The lowest BCUT2D eigenvalue weighted by Crippen LogP contribution is -2.29. The van der Waals surface area contributed by atoms with E-state index in [0.717, 1.165) is 25.1 Å². The van der Waals surface area contributed by atoms with Crippen molar-refractivity contribution < 1.29 is 4.92 Å². The smallest absolute Gasteiger partial charge is 0.273 e. The fourth-order valence-corrected chi connectivity index (χ4v) is 2.28. The molecule has 2 rings (SSSR count). The molecule has 0 amide bonds. The Kier molecular flexibility index (Phi) is 3.71. The maximum Gasteiger partial charge on any atom is 0.273 e. The Bertz CT molecular complexity index is 408. The number of nitrogens with zero attached hydrogens (tertiary/aromatic N) is 2. The summed E-state index contributed by atoms with van der Waals surface area (Å²) in [5.74, 6) is 0. The highest BCUT2D eigenvalue weighted by Gasteiger charge is 2.23. The first kappa shape index (κ1) is 12.0. The third kappa shape index (κ3) is 2.81. The summed E-state index contributed by atoms with van der Waals surface area (Å²) in [4.78, 5) is 12.8. The van der Waals surface area contributed by atoms with Gasteiger partial charge in [0.25, 0.3) is 5.69 Å². The molecule has 17 heavy (non-hydrogen) atoms. The monoisotopic (exact) mass is 235 g/mol. The fourth-order valence-electron chi connectivity index (χ4n) is 2.28. The van der Waals surface area contributed by atoms with E-state index in [4.69, 9.17) is 0 Å². The molecule has 0 bridgehead atoms.